The highest BCUT2D eigenvalue weighted by Crippen LogP contribution is 2.18. The SMILES string of the molecule is COCCC(C)(O)CNc1cc(NN)nc(SC)n1. The van der Waals surface area contributed by atoms with Crippen LogP contribution in [0.25, 0.3) is 0 Å². The van der Waals surface area contributed by atoms with Gasteiger partial charge in [0, 0.05) is 32.7 Å². The molecule has 0 saturated heterocycles. The Bertz CT molecular complexity index is 380. The first kappa shape index (κ1) is 16.0. The van der Waals surface area contributed by atoms with E-state index in [1.54, 1.807) is 20.1 Å². The van der Waals surface area contributed by atoms with Gasteiger partial charge in [0.1, 0.15) is 11.6 Å². The molecule has 1 atom stereocenters. The van der Waals surface area contributed by atoms with Crippen molar-refractivity contribution in [1.82, 2.24) is 9.97 Å². The van der Waals surface area contributed by atoms with Crippen molar-refractivity contribution < 1.29 is 9.84 Å². The van der Waals surface area contributed by atoms with Crippen LogP contribution in [0.2, 0.25) is 0 Å². The predicted octanol–water partition coefficient (Wildman–Crippen LogP) is 0.683. The molecule has 19 heavy (non-hydrogen) atoms. The van der Waals surface area contributed by atoms with Crippen molar-refractivity contribution in [2.75, 3.05) is 37.3 Å². The lowest BCUT2D eigenvalue weighted by atomic mass is 10.0. The Morgan fingerprint density at radius 3 is 2.74 bits per heavy atom. The minimum absolute atomic E-state index is 0.366. The number of nitrogens with zero attached hydrogens (tertiary/aromatic N) is 2. The zero-order valence-electron chi connectivity index (χ0n) is 11.4. The van der Waals surface area contributed by atoms with Crippen LogP contribution in [0.4, 0.5) is 11.6 Å². The molecule has 0 aliphatic heterocycles. The van der Waals surface area contributed by atoms with Gasteiger partial charge in [-0.05, 0) is 13.2 Å². The number of hydrogen-bond donors (Lipinski definition) is 4. The van der Waals surface area contributed by atoms with Gasteiger partial charge >= 0.3 is 0 Å². The van der Waals surface area contributed by atoms with Crippen molar-refractivity contribution in [2.45, 2.75) is 24.1 Å². The van der Waals surface area contributed by atoms with Crippen molar-refractivity contribution in [1.29, 1.82) is 0 Å². The maximum Gasteiger partial charge on any atom is 0.191 e. The number of methoxy groups -OCH3 is 1. The molecule has 0 radical (unpaired) electrons. The van der Waals surface area contributed by atoms with Crippen LogP contribution in [0.3, 0.4) is 0 Å². The van der Waals surface area contributed by atoms with Crippen LogP contribution in [-0.2, 0) is 4.74 Å². The molecule has 1 unspecified atom stereocenters. The second kappa shape index (κ2) is 7.49. The zero-order chi connectivity index (χ0) is 14.3. The minimum atomic E-state index is -0.864. The lowest BCUT2D eigenvalue weighted by Crippen LogP contribution is -2.35. The molecule has 0 saturated carbocycles. The van der Waals surface area contributed by atoms with E-state index < -0.39 is 5.60 Å². The number of hydrazine groups is 1. The molecule has 1 rings (SSSR count). The van der Waals surface area contributed by atoms with Gasteiger partial charge in [-0.15, -0.1) is 0 Å². The summed E-state index contributed by atoms with van der Waals surface area (Å²) in [5.41, 5.74) is 1.62. The highest BCUT2D eigenvalue weighted by atomic mass is 32.2. The summed E-state index contributed by atoms with van der Waals surface area (Å²) in [5, 5.41) is 13.8. The van der Waals surface area contributed by atoms with E-state index in [1.807, 2.05) is 6.26 Å². The summed E-state index contributed by atoms with van der Waals surface area (Å²) in [6.07, 6.45) is 2.42. The van der Waals surface area contributed by atoms with Gasteiger partial charge in [0.05, 0.1) is 5.60 Å². The second-order valence-corrected chi connectivity index (χ2v) is 5.14. The maximum atomic E-state index is 10.1. The summed E-state index contributed by atoms with van der Waals surface area (Å²) < 4.78 is 4.96. The topological polar surface area (TPSA) is 105 Å². The molecule has 1 heterocycles. The van der Waals surface area contributed by atoms with Gasteiger partial charge in [0.25, 0.3) is 0 Å². The molecule has 1 aromatic rings. The highest BCUT2D eigenvalue weighted by Gasteiger charge is 2.20. The zero-order valence-corrected chi connectivity index (χ0v) is 12.3. The normalized spacial score (nSPS) is 13.9. The predicted molar refractivity (Wildman–Crippen MR) is 77.2 cm³/mol. The number of hydrogen-bond acceptors (Lipinski definition) is 8. The monoisotopic (exact) mass is 287 g/mol. The summed E-state index contributed by atoms with van der Waals surface area (Å²) in [4.78, 5) is 8.44. The fourth-order valence-electron chi connectivity index (χ4n) is 1.37. The lowest BCUT2D eigenvalue weighted by Gasteiger charge is -2.23. The van der Waals surface area contributed by atoms with Gasteiger partial charge in [0.15, 0.2) is 5.16 Å². The number of nitrogen functional groups attached to an aromatic ring is 1. The Morgan fingerprint density at radius 2 is 2.16 bits per heavy atom. The van der Waals surface area contributed by atoms with Crippen LogP contribution < -0.4 is 16.6 Å². The van der Waals surface area contributed by atoms with Gasteiger partial charge in [0.2, 0.25) is 0 Å². The summed E-state index contributed by atoms with van der Waals surface area (Å²) in [6.45, 7) is 2.62. The third kappa shape index (κ3) is 5.60. The number of nitrogens with one attached hydrogen (secondary N) is 2. The molecular weight excluding hydrogens is 266 g/mol. The summed E-state index contributed by atoms with van der Waals surface area (Å²) in [7, 11) is 1.61. The van der Waals surface area contributed by atoms with Gasteiger partial charge in [-0.1, -0.05) is 11.8 Å². The first-order chi connectivity index (χ1) is 9.00. The molecule has 0 fully saturated rings. The summed E-state index contributed by atoms with van der Waals surface area (Å²) >= 11 is 1.42. The number of aromatic nitrogens is 2. The number of nitrogens with two attached hydrogens (primary N) is 1. The van der Waals surface area contributed by atoms with Crippen molar-refractivity contribution in [3.05, 3.63) is 6.07 Å². The van der Waals surface area contributed by atoms with E-state index in [0.29, 0.717) is 36.4 Å². The van der Waals surface area contributed by atoms with Crippen molar-refractivity contribution >= 4 is 23.4 Å². The Hall–Kier alpha value is -1.09. The quantitative estimate of drug-likeness (QED) is 0.239. The van der Waals surface area contributed by atoms with E-state index in [0.717, 1.165) is 0 Å². The van der Waals surface area contributed by atoms with Crippen LogP contribution >= 0.6 is 11.8 Å². The molecule has 5 N–H and O–H groups in total. The van der Waals surface area contributed by atoms with Gasteiger partial charge in [-0.2, -0.15) is 0 Å². The molecule has 108 valence electrons. The van der Waals surface area contributed by atoms with Gasteiger partial charge in [-0.3, -0.25) is 0 Å². The number of ether oxygens (including phenoxy) is 1. The van der Waals surface area contributed by atoms with E-state index in [1.165, 1.54) is 11.8 Å². The van der Waals surface area contributed by atoms with E-state index in [-0.39, 0.29) is 0 Å². The van der Waals surface area contributed by atoms with E-state index >= 15 is 0 Å². The van der Waals surface area contributed by atoms with Crippen LogP contribution in [0, 0.1) is 0 Å². The summed E-state index contributed by atoms with van der Waals surface area (Å²) in [5.74, 6) is 6.49. The molecule has 1 aromatic heterocycles. The molecule has 0 amide bonds. The smallest absolute Gasteiger partial charge is 0.191 e. The molecule has 0 bridgehead atoms. The van der Waals surface area contributed by atoms with Crippen LogP contribution in [-0.4, -0.2) is 47.2 Å². The lowest BCUT2D eigenvalue weighted by molar-refractivity contribution is 0.0357. The molecule has 0 aliphatic rings. The fourth-order valence-corrected chi connectivity index (χ4v) is 1.75. The van der Waals surface area contributed by atoms with Gasteiger partial charge < -0.3 is 20.6 Å². The molecule has 0 aromatic carbocycles. The Morgan fingerprint density at radius 1 is 1.47 bits per heavy atom. The van der Waals surface area contributed by atoms with E-state index in [2.05, 4.69) is 20.7 Å². The Balaban J connectivity index is 2.66. The second-order valence-electron chi connectivity index (χ2n) is 4.36. The largest absolute Gasteiger partial charge is 0.388 e. The first-order valence-electron chi connectivity index (χ1n) is 5.85. The average Bonchev–Trinajstić information content (AvgIpc) is 2.42. The number of thioether (sulfide) groups is 1. The molecule has 0 aliphatic carbocycles. The van der Waals surface area contributed by atoms with Crippen LogP contribution in [0.1, 0.15) is 13.3 Å². The standard InChI is InChI=1S/C11H21N5O2S/c1-11(17,4-5-18-2)7-13-8-6-9(16-12)15-10(14-8)19-3/h6,17H,4-5,7,12H2,1-3H3,(H2,13,14,15,16). The number of rotatable bonds is 8. The third-order valence-electron chi connectivity index (χ3n) is 2.53. The Labute approximate surface area is 117 Å². The average molecular weight is 287 g/mol. The Kier molecular flexibility index (Phi) is 6.29. The van der Waals surface area contributed by atoms with Gasteiger partial charge in [-0.25, -0.2) is 15.8 Å². The van der Waals surface area contributed by atoms with Crippen molar-refractivity contribution in [2.24, 2.45) is 5.84 Å². The number of aliphatic hydroxyl groups is 1. The highest BCUT2D eigenvalue weighted by molar-refractivity contribution is 7.98. The van der Waals surface area contributed by atoms with Crippen LogP contribution in [0.15, 0.2) is 11.2 Å². The van der Waals surface area contributed by atoms with Crippen molar-refractivity contribution in [3.8, 4) is 0 Å². The maximum absolute atomic E-state index is 10.1. The third-order valence-corrected chi connectivity index (χ3v) is 3.08. The van der Waals surface area contributed by atoms with Crippen LogP contribution in [0.5, 0.6) is 0 Å². The number of anilines is 2. The first-order valence-corrected chi connectivity index (χ1v) is 7.08. The van der Waals surface area contributed by atoms with Crippen molar-refractivity contribution in [3.63, 3.8) is 0 Å². The molecular formula is C11H21N5O2S. The minimum Gasteiger partial charge on any atom is -0.388 e. The van der Waals surface area contributed by atoms with E-state index in [9.17, 15) is 5.11 Å². The molecule has 0 spiro atoms. The molecule has 7 nitrogen and oxygen atoms in total. The fraction of sp³-hybridized carbons (Fsp3) is 0.636. The molecule has 8 heteroatoms. The summed E-state index contributed by atoms with van der Waals surface area (Å²) in [6, 6.07) is 1.69. The van der Waals surface area contributed by atoms with E-state index in [4.69, 9.17) is 10.6 Å².